The quantitative estimate of drug-likeness (QED) is 0.255. The predicted octanol–water partition coefficient (Wildman–Crippen LogP) is 3.96. The third-order valence-corrected chi connectivity index (χ3v) is 13.0. The van der Waals surface area contributed by atoms with E-state index in [1.54, 1.807) is 53.6 Å². The summed E-state index contributed by atoms with van der Waals surface area (Å²) in [6.07, 6.45) is 15.4. The molecule has 0 spiro atoms. The molecule has 1 aromatic carbocycles. The molecule has 3 saturated carbocycles. The van der Waals surface area contributed by atoms with E-state index in [9.17, 15) is 24.3 Å². The summed E-state index contributed by atoms with van der Waals surface area (Å²) in [5, 5.41) is 11.9. The Morgan fingerprint density at radius 3 is 2.47 bits per heavy atom. The van der Waals surface area contributed by atoms with Gasteiger partial charge in [-0.15, -0.1) is 0 Å². The maximum atomic E-state index is 14.5. The molecule has 282 valence electrons. The number of aryl methyl sites for hydroxylation is 1. The molecule has 7 rings (SSSR count). The molecule has 1 N–H and O–H groups in total. The van der Waals surface area contributed by atoms with E-state index in [0.717, 1.165) is 36.8 Å². The van der Waals surface area contributed by atoms with Crippen LogP contribution in [0.5, 0.6) is 0 Å². The van der Waals surface area contributed by atoms with Gasteiger partial charge in [-0.25, -0.2) is 9.59 Å². The van der Waals surface area contributed by atoms with Gasteiger partial charge >= 0.3 is 11.9 Å². The normalized spacial score (nSPS) is 34.0. The molecule has 11 nitrogen and oxygen atoms in total. The van der Waals surface area contributed by atoms with Crippen LogP contribution in [-0.4, -0.2) is 65.9 Å². The van der Waals surface area contributed by atoms with Crippen LogP contribution in [-0.2, 0) is 52.8 Å². The number of ether oxygens (including phenoxy) is 4. The van der Waals surface area contributed by atoms with Crippen LogP contribution < -0.4 is 9.13 Å². The summed E-state index contributed by atoms with van der Waals surface area (Å²) in [6, 6.07) is 7.38. The molecule has 9 atom stereocenters. The summed E-state index contributed by atoms with van der Waals surface area (Å²) in [4.78, 5) is 52.2. The summed E-state index contributed by atoms with van der Waals surface area (Å²) in [5.41, 5.74) is 0.202. The third kappa shape index (κ3) is 6.59. The molecule has 1 aliphatic heterocycles. The van der Waals surface area contributed by atoms with E-state index in [4.69, 9.17) is 18.9 Å². The first kappa shape index (κ1) is 37.3. The Kier molecular flexibility index (Phi) is 10.3. The first-order valence-electron chi connectivity index (χ1n) is 19.2. The number of aliphatic hydroxyl groups excluding tert-OH is 1. The first-order valence-corrected chi connectivity index (χ1v) is 19.2. The number of hydrogen-bond donors (Lipinski definition) is 1. The van der Waals surface area contributed by atoms with Crippen LogP contribution in [0.25, 0.3) is 0 Å². The second kappa shape index (κ2) is 14.6. The molecule has 2 heterocycles. The molecule has 5 aliphatic rings. The highest BCUT2D eigenvalue weighted by atomic mass is 16.7. The van der Waals surface area contributed by atoms with Crippen LogP contribution in [0.2, 0.25) is 0 Å². The van der Waals surface area contributed by atoms with Gasteiger partial charge in [0.1, 0.15) is 0 Å². The Labute approximate surface area is 311 Å². The third-order valence-electron chi connectivity index (χ3n) is 13.0. The molecule has 0 radical (unpaired) electrons. The molecule has 4 aliphatic carbocycles. The van der Waals surface area contributed by atoms with Crippen molar-refractivity contribution in [2.75, 3.05) is 13.2 Å². The average molecular weight is 729 g/mol. The molecule has 4 unspecified atom stereocenters. The van der Waals surface area contributed by atoms with Crippen molar-refractivity contribution in [3.05, 3.63) is 84.0 Å². The number of aliphatic hydroxyl groups is 1. The molecular weight excluding hydrogens is 676 g/mol. The number of rotatable bonds is 12. The Morgan fingerprint density at radius 2 is 1.75 bits per heavy atom. The number of ketones is 2. The van der Waals surface area contributed by atoms with E-state index in [-0.39, 0.29) is 48.4 Å². The zero-order valence-corrected chi connectivity index (χ0v) is 31.2. The van der Waals surface area contributed by atoms with E-state index in [1.807, 2.05) is 29.7 Å². The minimum Gasteiger partial charge on any atom is -0.455 e. The van der Waals surface area contributed by atoms with Crippen molar-refractivity contribution in [2.45, 2.75) is 110 Å². The fourth-order valence-electron chi connectivity index (χ4n) is 10.4. The van der Waals surface area contributed by atoms with Crippen molar-refractivity contribution < 1.29 is 52.4 Å². The summed E-state index contributed by atoms with van der Waals surface area (Å²) in [5.74, 6) is -1.25. The number of hydrogen-bond acceptors (Lipinski definition) is 9. The number of nitrogens with zero attached hydrogens (tertiary/aromatic N) is 2. The number of esters is 2. The number of allylic oxidation sites excluding steroid dienone is 4. The lowest BCUT2D eigenvalue weighted by Gasteiger charge is -2.59. The summed E-state index contributed by atoms with van der Waals surface area (Å²) >= 11 is 0. The fraction of sp³-hybridized carbons (Fsp3) is 0.571. The van der Waals surface area contributed by atoms with Gasteiger partial charge in [0.15, 0.2) is 37.4 Å². The molecule has 53 heavy (non-hydrogen) atoms. The van der Waals surface area contributed by atoms with Crippen LogP contribution in [0.4, 0.5) is 0 Å². The SMILES string of the molecule is CCCC1O[C@@H]2CC3C4CCC5=CC(=O)C=C[C@]5(C)C4[C@@H](O)C[C@]3(C)[C@]2(C(=O)COC(=O)C[n+]2cc[n+](CCOC(=O)c3ccc(CC)cc3)cc2)O1. The Morgan fingerprint density at radius 1 is 1.02 bits per heavy atom. The highest BCUT2D eigenvalue weighted by Crippen LogP contribution is 2.69. The lowest BCUT2D eigenvalue weighted by molar-refractivity contribution is -0.746. The second-order valence-electron chi connectivity index (χ2n) is 15.9. The molecule has 1 aromatic heterocycles. The molecule has 4 fully saturated rings. The van der Waals surface area contributed by atoms with Crippen molar-refractivity contribution in [2.24, 2.45) is 28.6 Å². The Hall–Kier alpha value is -4.06. The lowest BCUT2D eigenvalue weighted by atomic mass is 9.46. The highest BCUT2D eigenvalue weighted by Gasteiger charge is 2.75. The molecule has 0 bridgehead atoms. The maximum absolute atomic E-state index is 14.5. The van der Waals surface area contributed by atoms with E-state index in [0.29, 0.717) is 31.4 Å². The Balaban J connectivity index is 0.986. The maximum Gasteiger partial charge on any atom is 0.373 e. The van der Waals surface area contributed by atoms with Crippen LogP contribution in [0.3, 0.4) is 0 Å². The van der Waals surface area contributed by atoms with Crippen LogP contribution in [0.1, 0.15) is 82.1 Å². The second-order valence-corrected chi connectivity index (χ2v) is 15.9. The van der Waals surface area contributed by atoms with Gasteiger partial charge < -0.3 is 24.1 Å². The molecule has 1 saturated heterocycles. The minimum atomic E-state index is -1.35. The largest absolute Gasteiger partial charge is 0.455 e. The molecular formula is C42H52N2O9+2. The first-order chi connectivity index (χ1) is 25.4. The smallest absolute Gasteiger partial charge is 0.373 e. The number of aromatic nitrogens is 2. The van der Waals surface area contributed by atoms with Gasteiger partial charge in [-0.2, -0.15) is 9.13 Å². The predicted molar refractivity (Wildman–Crippen MR) is 190 cm³/mol. The zero-order chi connectivity index (χ0) is 37.5. The molecule has 2 aromatic rings. The monoisotopic (exact) mass is 728 g/mol. The minimum absolute atomic E-state index is 0.0112. The van der Waals surface area contributed by atoms with Crippen molar-refractivity contribution in [3.8, 4) is 0 Å². The topological polar surface area (TPSA) is 133 Å². The average Bonchev–Trinajstić information content (AvgIpc) is 3.63. The number of Topliss-reactive ketones (excluding diaryl/α,β-unsaturated/α-hetero) is 1. The van der Waals surface area contributed by atoms with Crippen molar-refractivity contribution in [1.29, 1.82) is 0 Å². The lowest BCUT2D eigenvalue weighted by Crippen LogP contribution is -2.63. The van der Waals surface area contributed by atoms with E-state index in [2.05, 4.69) is 20.8 Å². The van der Waals surface area contributed by atoms with Gasteiger partial charge in [0.25, 0.3) is 0 Å². The standard InChI is InChI=1S/C42H52N2O9/c1-5-7-37-52-35-23-32-31-13-12-29-22-30(45)14-15-40(29,3)38(31)33(46)24-41(32,4)42(35,53-37)34(47)26-51-36(48)25-44-18-16-43(17-19-44)20-21-50-39(49)28-10-8-27(6-2)9-11-28/h8-11,14-19,22,31-33,35,37-38,46H,5-7,12-13,20-21,23-26H2,1-4H3/q+2/t31?,32?,33-,35+,37?,38?,40-,41-,42+/m0/s1. The van der Waals surface area contributed by atoms with Gasteiger partial charge in [-0.1, -0.05) is 57.9 Å². The van der Waals surface area contributed by atoms with Crippen LogP contribution in [0.15, 0.2) is 72.9 Å². The fourth-order valence-corrected chi connectivity index (χ4v) is 10.4. The van der Waals surface area contributed by atoms with Gasteiger partial charge in [0.2, 0.25) is 37.1 Å². The summed E-state index contributed by atoms with van der Waals surface area (Å²) in [7, 11) is 0. The Bertz CT molecular complexity index is 1810. The summed E-state index contributed by atoms with van der Waals surface area (Å²) in [6.45, 7) is 8.35. The van der Waals surface area contributed by atoms with Gasteiger partial charge in [0.05, 0.1) is 17.8 Å². The molecule has 11 heteroatoms. The number of carbonyl (C=O) groups is 4. The van der Waals surface area contributed by atoms with Gasteiger partial charge in [0, 0.05) is 16.7 Å². The van der Waals surface area contributed by atoms with Gasteiger partial charge in [-0.3, -0.25) is 9.59 Å². The van der Waals surface area contributed by atoms with Crippen LogP contribution >= 0.6 is 0 Å². The van der Waals surface area contributed by atoms with Crippen molar-refractivity contribution in [1.82, 2.24) is 0 Å². The van der Waals surface area contributed by atoms with E-state index in [1.165, 1.54) is 0 Å². The number of carbonyl (C=O) groups excluding carboxylic acids is 4. The van der Waals surface area contributed by atoms with Crippen molar-refractivity contribution in [3.63, 3.8) is 0 Å². The van der Waals surface area contributed by atoms with E-state index < -0.39 is 47.5 Å². The van der Waals surface area contributed by atoms with Crippen molar-refractivity contribution >= 4 is 23.5 Å². The van der Waals surface area contributed by atoms with Gasteiger partial charge in [-0.05, 0) is 80.2 Å². The molecule has 0 amide bonds. The number of benzene rings is 1. The highest BCUT2D eigenvalue weighted by molar-refractivity contribution is 6.01. The summed E-state index contributed by atoms with van der Waals surface area (Å²) < 4.78 is 27.7. The van der Waals surface area contributed by atoms with Crippen LogP contribution in [0, 0.1) is 28.6 Å². The van der Waals surface area contributed by atoms with E-state index >= 15 is 0 Å². The zero-order valence-electron chi connectivity index (χ0n) is 31.2. The number of fused-ring (bicyclic) bond motifs is 7.